The molecule has 206 valence electrons. The topological polar surface area (TPSA) is 103 Å². The van der Waals surface area contributed by atoms with Crippen molar-refractivity contribution in [3.05, 3.63) is 99.2 Å². The highest BCUT2D eigenvalue weighted by atomic mass is 32.1. The lowest BCUT2D eigenvalue weighted by Gasteiger charge is -2.11. The number of nitrogens with one attached hydrogen (secondary N) is 2. The summed E-state index contributed by atoms with van der Waals surface area (Å²) in [6, 6.07) is 19.8. The molecule has 0 saturated carbocycles. The predicted molar refractivity (Wildman–Crippen MR) is 155 cm³/mol. The molecule has 1 amide bonds. The third kappa shape index (κ3) is 8.82. The maximum absolute atomic E-state index is 13.8. The maximum Gasteiger partial charge on any atom is 0.295 e. The van der Waals surface area contributed by atoms with E-state index in [0.717, 1.165) is 29.8 Å². The van der Waals surface area contributed by atoms with Crippen LogP contribution in [0.15, 0.2) is 72.1 Å². The van der Waals surface area contributed by atoms with Crippen LogP contribution in [0.1, 0.15) is 25.0 Å². The minimum atomic E-state index is -0.743. The van der Waals surface area contributed by atoms with Crippen LogP contribution in [0, 0.1) is 22.9 Å². The second kappa shape index (κ2) is 15.7. The Morgan fingerprint density at radius 2 is 1.69 bits per heavy atom. The second-order valence-corrected chi connectivity index (χ2v) is 8.70. The summed E-state index contributed by atoms with van der Waals surface area (Å²) < 4.78 is 24.3. The fourth-order valence-corrected chi connectivity index (χ4v) is 4.11. The fourth-order valence-electron chi connectivity index (χ4n) is 3.37. The molecule has 0 saturated heterocycles. The van der Waals surface area contributed by atoms with Gasteiger partial charge in [-0.15, -0.1) is 11.3 Å². The average molecular weight is 554 g/mol. The number of thiophene rings is 1. The lowest BCUT2D eigenvalue weighted by atomic mass is 10.1. The molecule has 0 aliphatic carbocycles. The number of benzene rings is 3. The monoisotopic (exact) mass is 553 g/mol. The number of nitrogens with zero attached hydrogens (tertiary/aromatic N) is 1. The minimum absolute atomic E-state index is 0.0280. The summed E-state index contributed by atoms with van der Waals surface area (Å²) in [5.41, 5.74) is 3.26. The standard InChI is InChI=1S/C16H19NO2.C11H7FN2O3S.C2H6/c1-12-4-6-13(7-5-12)11-17-14-8-9-15(18-2)16(10-14)19-3;12-8-5-10(14(16)17)9(13-6-15)4-7(8)11-2-1-3-18-11;1-2/h4-10,17H,11H2,1-3H3;1-6H,(H,13,15);1-2H3. The summed E-state index contributed by atoms with van der Waals surface area (Å²) in [5.74, 6) is 0.778. The van der Waals surface area contributed by atoms with Crippen molar-refractivity contribution in [1.82, 2.24) is 0 Å². The Kier molecular flexibility index (Phi) is 12.4. The van der Waals surface area contributed by atoms with E-state index in [2.05, 4.69) is 41.8 Å². The van der Waals surface area contributed by atoms with Crippen molar-refractivity contribution >= 4 is 34.8 Å². The van der Waals surface area contributed by atoms with Crippen LogP contribution in [0.4, 0.5) is 21.5 Å². The van der Waals surface area contributed by atoms with Crippen molar-refractivity contribution in [1.29, 1.82) is 0 Å². The van der Waals surface area contributed by atoms with Gasteiger partial charge in [0.25, 0.3) is 5.69 Å². The first-order chi connectivity index (χ1) is 18.9. The molecule has 0 radical (unpaired) electrons. The highest BCUT2D eigenvalue weighted by Gasteiger charge is 2.19. The van der Waals surface area contributed by atoms with Crippen molar-refractivity contribution < 1.29 is 23.6 Å². The first kappa shape index (κ1) is 30.8. The van der Waals surface area contributed by atoms with E-state index in [1.54, 1.807) is 31.7 Å². The molecule has 4 rings (SSSR count). The Morgan fingerprint density at radius 1 is 1.00 bits per heavy atom. The predicted octanol–water partition coefficient (Wildman–Crippen LogP) is 7.68. The fraction of sp³-hybridized carbons (Fsp3) is 0.207. The first-order valence-corrected chi connectivity index (χ1v) is 13.0. The Morgan fingerprint density at radius 3 is 2.26 bits per heavy atom. The molecule has 0 fully saturated rings. The summed E-state index contributed by atoms with van der Waals surface area (Å²) in [5, 5.41) is 18.1. The van der Waals surface area contributed by atoms with Crippen molar-refractivity contribution in [2.75, 3.05) is 24.9 Å². The number of nitro benzene ring substituents is 1. The van der Waals surface area contributed by atoms with E-state index in [9.17, 15) is 19.3 Å². The van der Waals surface area contributed by atoms with Crippen LogP contribution in [0.25, 0.3) is 10.4 Å². The van der Waals surface area contributed by atoms with Gasteiger partial charge in [-0.05, 0) is 42.1 Å². The van der Waals surface area contributed by atoms with Crippen LogP contribution >= 0.6 is 11.3 Å². The quantitative estimate of drug-likeness (QED) is 0.125. The van der Waals surface area contributed by atoms with Gasteiger partial charge in [-0.25, -0.2) is 4.39 Å². The SMILES string of the molecule is CC.COc1ccc(NCc2ccc(C)cc2)cc1OC.O=CNc1cc(-c2cccs2)c(F)cc1[N+](=O)[O-]. The van der Waals surface area contributed by atoms with Crippen LogP contribution in [0.3, 0.4) is 0 Å². The number of hydrogen-bond acceptors (Lipinski definition) is 7. The smallest absolute Gasteiger partial charge is 0.295 e. The van der Waals surface area contributed by atoms with Gasteiger partial charge in [0.15, 0.2) is 11.5 Å². The lowest BCUT2D eigenvalue weighted by Crippen LogP contribution is -2.01. The normalized spacial score (nSPS) is 9.69. The summed E-state index contributed by atoms with van der Waals surface area (Å²) in [6.07, 6.45) is 0.318. The molecule has 10 heteroatoms. The molecule has 0 spiro atoms. The molecule has 0 aliphatic rings. The van der Waals surface area contributed by atoms with Crippen molar-refractivity contribution in [3.8, 4) is 21.9 Å². The van der Waals surface area contributed by atoms with Crippen molar-refractivity contribution in [3.63, 3.8) is 0 Å². The molecule has 3 aromatic carbocycles. The van der Waals surface area contributed by atoms with E-state index in [4.69, 9.17) is 9.47 Å². The third-order valence-corrected chi connectivity index (χ3v) is 6.19. The molecule has 0 unspecified atom stereocenters. The number of rotatable bonds is 9. The maximum atomic E-state index is 13.8. The molecule has 0 bridgehead atoms. The number of methoxy groups -OCH3 is 2. The Balaban J connectivity index is 0.000000258. The van der Waals surface area contributed by atoms with Crippen LogP contribution < -0.4 is 20.1 Å². The molecular formula is C29H32FN3O5S. The van der Waals surface area contributed by atoms with Gasteiger partial charge in [-0.3, -0.25) is 14.9 Å². The highest BCUT2D eigenvalue weighted by Crippen LogP contribution is 2.35. The number of amides is 1. The summed E-state index contributed by atoms with van der Waals surface area (Å²) >= 11 is 1.31. The zero-order valence-electron chi connectivity index (χ0n) is 22.5. The number of carbonyl (C=O) groups is 1. The third-order valence-electron chi connectivity index (χ3n) is 5.28. The number of halogens is 1. The van der Waals surface area contributed by atoms with Crippen LogP contribution in [-0.4, -0.2) is 25.6 Å². The number of nitro groups is 1. The molecule has 39 heavy (non-hydrogen) atoms. The Hall–Kier alpha value is -4.44. The van der Waals surface area contributed by atoms with E-state index in [0.29, 0.717) is 11.3 Å². The molecule has 1 heterocycles. The van der Waals surface area contributed by atoms with E-state index < -0.39 is 16.4 Å². The van der Waals surface area contributed by atoms with E-state index in [-0.39, 0.29) is 11.3 Å². The van der Waals surface area contributed by atoms with Gasteiger partial charge in [0, 0.05) is 28.7 Å². The second-order valence-electron chi connectivity index (χ2n) is 7.75. The first-order valence-electron chi connectivity index (χ1n) is 12.1. The largest absolute Gasteiger partial charge is 0.493 e. The van der Waals surface area contributed by atoms with E-state index in [1.807, 2.05) is 32.0 Å². The summed E-state index contributed by atoms with van der Waals surface area (Å²) in [6.45, 7) is 6.88. The van der Waals surface area contributed by atoms with Gasteiger partial charge < -0.3 is 20.1 Å². The molecular weight excluding hydrogens is 521 g/mol. The lowest BCUT2D eigenvalue weighted by molar-refractivity contribution is -0.384. The van der Waals surface area contributed by atoms with Gasteiger partial charge in [-0.1, -0.05) is 49.7 Å². The van der Waals surface area contributed by atoms with Gasteiger partial charge in [0.1, 0.15) is 11.5 Å². The van der Waals surface area contributed by atoms with Gasteiger partial charge >= 0.3 is 0 Å². The molecule has 2 N–H and O–H groups in total. The zero-order chi connectivity index (χ0) is 28.8. The summed E-state index contributed by atoms with van der Waals surface area (Å²) in [4.78, 5) is 21.0. The minimum Gasteiger partial charge on any atom is -0.493 e. The molecule has 1 aromatic heterocycles. The van der Waals surface area contributed by atoms with Crippen LogP contribution in [0.2, 0.25) is 0 Å². The summed E-state index contributed by atoms with van der Waals surface area (Å²) in [7, 11) is 3.28. The van der Waals surface area contributed by atoms with E-state index in [1.165, 1.54) is 28.5 Å². The van der Waals surface area contributed by atoms with E-state index >= 15 is 0 Å². The number of hydrogen-bond donors (Lipinski definition) is 2. The van der Waals surface area contributed by atoms with Gasteiger partial charge in [0.05, 0.1) is 25.2 Å². The van der Waals surface area contributed by atoms with Gasteiger partial charge in [0.2, 0.25) is 6.41 Å². The van der Waals surface area contributed by atoms with Crippen LogP contribution in [0.5, 0.6) is 11.5 Å². The molecule has 0 aliphatic heterocycles. The molecule has 4 aromatic rings. The number of carbonyl (C=O) groups excluding carboxylic acids is 1. The molecule has 0 atom stereocenters. The van der Waals surface area contributed by atoms with Crippen LogP contribution in [-0.2, 0) is 11.3 Å². The highest BCUT2D eigenvalue weighted by molar-refractivity contribution is 7.13. The van der Waals surface area contributed by atoms with Crippen molar-refractivity contribution in [2.24, 2.45) is 0 Å². The van der Waals surface area contributed by atoms with Crippen molar-refractivity contribution in [2.45, 2.75) is 27.3 Å². The Bertz CT molecular complexity index is 1350. The van der Waals surface area contributed by atoms with Gasteiger partial charge in [-0.2, -0.15) is 0 Å². The average Bonchev–Trinajstić information content (AvgIpc) is 3.49. The number of ether oxygens (including phenoxy) is 2. The number of anilines is 2. The molecule has 8 nitrogen and oxygen atoms in total. The Labute approximate surface area is 231 Å². The zero-order valence-corrected chi connectivity index (χ0v) is 23.3. The number of aryl methyl sites for hydroxylation is 1.